The lowest BCUT2D eigenvalue weighted by Gasteiger charge is -2.36. The van der Waals surface area contributed by atoms with Gasteiger partial charge in [-0.25, -0.2) is 14.2 Å². The van der Waals surface area contributed by atoms with Crippen molar-refractivity contribution in [3.05, 3.63) is 41.5 Å². The molecule has 28 heavy (non-hydrogen) atoms. The molecule has 1 aliphatic heterocycles. The zero-order valence-corrected chi connectivity index (χ0v) is 15.9. The van der Waals surface area contributed by atoms with Gasteiger partial charge < -0.3 is 26.4 Å². The molecule has 1 saturated heterocycles. The monoisotopic (exact) mass is 388 g/mol. The fraction of sp³-hybridized carbons (Fsp3) is 0.421. The first kappa shape index (κ1) is 20.0. The molecule has 150 valence electrons. The number of nitrogens with one attached hydrogen (secondary N) is 2. The number of piperidine rings is 1. The third-order valence-corrected chi connectivity index (χ3v) is 4.86. The summed E-state index contributed by atoms with van der Waals surface area (Å²) in [7, 11) is 0. The van der Waals surface area contributed by atoms with Crippen molar-refractivity contribution in [2.75, 3.05) is 30.3 Å². The Morgan fingerprint density at radius 1 is 1.39 bits per heavy atom. The molecule has 0 aromatic carbocycles. The lowest BCUT2D eigenvalue weighted by atomic mass is 10.00. The average molecular weight is 388 g/mol. The first-order valence-electron chi connectivity index (χ1n) is 9.24. The van der Waals surface area contributed by atoms with Gasteiger partial charge in [-0.1, -0.05) is 6.92 Å². The molecule has 3 heterocycles. The van der Waals surface area contributed by atoms with E-state index in [1.54, 1.807) is 18.5 Å². The van der Waals surface area contributed by atoms with Gasteiger partial charge in [0.25, 0.3) is 0 Å². The number of pyridine rings is 2. The number of aromatic carboxylic acids is 1. The van der Waals surface area contributed by atoms with E-state index >= 15 is 0 Å². The normalized spacial score (nSPS) is 20.0. The third kappa shape index (κ3) is 4.55. The summed E-state index contributed by atoms with van der Waals surface area (Å²) in [5, 5.41) is 15.4. The summed E-state index contributed by atoms with van der Waals surface area (Å²) in [6.45, 7) is 6.43. The lowest BCUT2D eigenvalue weighted by molar-refractivity contribution is 0.0697. The second-order valence-electron chi connectivity index (χ2n) is 6.99. The fourth-order valence-electron chi connectivity index (χ4n) is 3.30. The van der Waals surface area contributed by atoms with Crippen molar-refractivity contribution in [1.29, 1.82) is 0 Å². The van der Waals surface area contributed by atoms with Crippen LogP contribution in [0, 0.1) is 12.7 Å². The van der Waals surface area contributed by atoms with E-state index in [1.807, 2.05) is 6.92 Å². The van der Waals surface area contributed by atoms with E-state index in [0.29, 0.717) is 12.2 Å². The van der Waals surface area contributed by atoms with Crippen molar-refractivity contribution >= 4 is 23.3 Å². The number of likely N-dealkylation sites (N-methyl/N-ethyl adjacent to an activating group) is 1. The van der Waals surface area contributed by atoms with Crippen molar-refractivity contribution in [3.63, 3.8) is 0 Å². The number of aryl methyl sites for hydroxylation is 1. The molecule has 0 amide bonds. The molecule has 3 rings (SSSR count). The topological polar surface area (TPSA) is 116 Å². The molecule has 1 fully saturated rings. The van der Waals surface area contributed by atoms with Crippen LogP contribution in [0.5, 0.6) is 0 Å². The predicted molar refractivity (Wildman–Crippen MR) is 106 cm³/mol. The maximum absolute atomic E-state index is 14.5. The number of hydrogen-bond acceptors (Lipinski definition) is 7. The maximum atomic E-state index is 14.5. The van der Waals surface area contributed by atoms with Gasteiger partial charge in [-0.2, -0.15) is 0 Å². The van der Waals surface area contributed by atoms with E-state index in [1.165, 1.54) is 0 Å². The zero-order chi connectivity index (χ0) is 20.3. The van der Waals surface area contributed by atoms with Gasteiger partial charge in [0.2, 0.25) is 0 Å². The Morgan fingerprint density at radius 2 is 2.18 bits per heavy atom. The third-order valence-electron chi connectivity index (χ3n) is 4.86. The number of rotatable bonds is 6. The number of likely N-dealkylation sites (tertiary alicyclic amines) is 1. The number of halogens is 1. The Kier molecular flexibility index (Phi) is 6.05. The highest BCUT2D eigenvalue weighted by atomic mass is 19.1. The number of aromatic nitrogens is 2. The van der Waals surface area contributed by atoms with Crippen LogP contribution in [0.15, 0.2) is 24.5 Å². The van der Waals surface area contributed by atoms with Crippen LogP contribution in [0.4, 0.5) is 21.7 Å². The molecular weight excluding hydrogens is 363 g/mol. The number of carboxylic acid groups (broad SMARTS) is 1. The SMILES string of the molecule is CCN1CCC(Nc2nc(Nc3cncc(C)c3)c(C(=O)O)cc2F)C(N)C1. The van der Waals surface area contributed by atoms with E-state index in [9.17, 15) is 14.3 Å². The van der Waals surface area contributed by atoms with Crippen LogP contribution in [0.25, 0.3) is 0 Å². The molecular formula is C19H25FN6O2. The van der Waals surface area contributed by atoms with Gasteiger partial charge in [0.15, 0.2) is 11.6 Å². The van der Waals surface area contributed by atoms with Gasteiger partial charge >= 0.3 is 5.97 Å². The number of nitrogens with two attached hydrogens (primary N) is 1. The molecule has 9 heteroatoms. The molecule has 2 unspecified atom stereocenters. The van der Waals surface area contributed by atoms with Crippen LogP contribution in [-0.4, -0.2) is 57.7 Å². The summed E-state index contributed by atoms with van der Waals surface area (Å²) >= 11 is 0. The minimum Gasteiger partial charge on any atom is -0.478 e. The average Bonchev–Trinajstić information content (AvgIpc) is 2.65. The Labute approximate surface area is 163 Å². The highest BCUT2D eigenvalue weighted by Gasteiger charge is 2.27. The van der Waals surface area contributed by atoms with Crippen LogP contribution in [0.1, 0.15) is 29.3 Å². The van der Waals surface area contributed by atoms with Gasteiger partial charge in [-0.15, -0.1) is 0 Å². The molecule has 0 saturated carbocycles. The first-order valence-corrected chi connectivity index (χ1v) is 9.24. The molecule has 0 spiro atoms. The van der Waals surface area contributed by atoms with E-state index in [0.717, 1.165) is 31.1 Å². The van der Waals surface area contributed by atoms with Crippen molar-refractivity contribution in [3.8, 4) is 0 Å². The summed E-state index contributed by atoms with van der Waals surface area (Å²) in [5.41, 5.74) is 7.44. The van der Waals surface area contributed by atoms with Crippen molar-refractivity contribution < 1.29 is 14.3 Å². The summed E-state index contributed by atoms with van der Waals surface area (Å²) in [6.07, 6.45) is 3.98. The van der Waals surface area contributed by atoms with Crippen LogP contribution in [0.3, 0.4) is 0 Å². The van der Waals surface area contributed by atoms with Gasteiger partial charge in [0.05, 0.1) is 11.9 Å². The fourth-order valence-corrected chi connectivity index (χ4v) is 3.30. The van der Waals surface area contributed by atoms with E-state index in [-0.39, 0.29) is 29.3 Å². The smallest absolute Gasteiger partial charge is 0.339 e. The van der Waals surface area contributed by atoms with Crippen molar-refractivity contribution in [1.82, 2.24) is 14.9 Å². The van der Waals surface area contributed by atoms with Gasteiger partial charge in [0, 0.05) is 31.4 Å². The molecule has 2 aromatic rings. The standard InChI is InChI=1S/C19H25FN6O2/c1-3-26-5-4-16(15(21)10-26)24-18-14(20)7-13(19(27)28)17(25-18)23-12-6-11(2)8-22-9-12/h6-9,15-16H,3-5,10,21H2,1-2H3,(H,27,28)(H2,23,24,25). The van der Waals surface area contributed by atoms with Crippen molar-refractivity contribution in [2.24, 2.45) is 5.73 Å². The highest BCUT2D eigenvalue weighted by molar-refractivity contribution is 5.94. The highest BCUT2D eigenvalue weighted by Crippen LogP contribution is 2.25. The largest absolute Gasteiger partial charge is 0.478 e. The van der Waals surface area contributed by atoms with Crippen LogP contribution >= 0.6 is 0 Å². The minimum atomic E-state index is -1.27. The molecule has 2 aromatic heterocycles. The number of nitrogens with zero attached hydrogens (tertiary/aromatic N) is 3. The van der Waals surface area contributed by atoms with E-state index in [2.05, 4.69) is 32.4 Å². The first-order chi connectivity index (χ1) is 13.4. The second-order valence-corrected chi connectivity index (χ2v) is 6.99. The van der Waals surface area contributed by atoms with Crippen LogP contribution < -0.4 is 16.4 Å². The number of hydrogen-bond donors (Lipinski definition) is 4. The molecule has 0 aliphatic carbocycles. The summed E-state index contributed by atoms with van der Waals surface area (Å²) in [5.74, 6) is -1.97. The Hall–Kier alpha value is -2.78. The molecule has 2 atom stereocenters. The second kappa shape index (κ2) is 8.49. The Morgan fingerprint density at radius 3 is 2.82 bits per heavy atom. The van der Waals surface area contributed by atoms with Gasteiger partial charge in [-0.05, 0) is 37.6 Å². The number of carboxylic acids is 1. The molecule has 8 nitrogen and oxygen atoms in total. The predicted octanol–water partition coefficient (Wildman–Crippen LogP) is 2.20. The lowest BCUT2D eigenvalue weighted by Crippen LogP contribution is -2.54. The maximum Gasteiger partial charge on any atom is 0.339 e. The van der Waals surface area contributed by atoms with E-state index < -0.39 is 11.8 Å². The van der Waals surface area contributed by atoms with Crippen molar-refractivity contribution in [2.45, 2.75) is 32.4 Å². The zero-order valence-electron chi connectivity index (χ0n) is 15.9. The number of anilines is 3. The Balaban J connectivity index is 1.87. The van der Waals surface area contributed by atoms with Crippen LogP contribution in [-0.2, 0) is 0 Å². The van der Waals surface area contributed by atoms with Gasteiger partial charge in [0.1, 0.15) is 11.4 Å². The molecule has 1 aliphatic rings. The molecule has 0 radical (unpaired) electrons. The number of carbonyl (C=O) groups is 1. The molecule has 0 bridgehead atoms. The summed E-state index contributed by atoms with van der Waals surface area (Å²) in [4.78, 5) is 22.1. The van der Waals surface area contributed by atoms with Gasteiger partial charge in [-0.3, -0.25) is 4.98 Å². The summed E-state index contributed by atoms with van der Waals surface area (Å²) < 4.78 is 14.5. The minimum absolute atomic E-state index is 0.0153. The quantitative estimate of drug-likeness (QED) is 0.595. The summed E-state index contributed by atoms with van der Waals surface area (Å²) in [6, 6.07) is 2.45. The Bertz CT molecular complexity index is 862. The van der Waals surface area contributed by atoms with Crippen LogP contribution in [0.2, 0.25) is 0 Å². The van der Waals surface area contributed by atoms with E-state index in [4.69, 9.17) is 5.73 Å². The molecule has 5 N–H and O–H groups in total.